The van der Waals surface area contributed by atoms with Crippen molar-refractivity contribution in [3.8, 4) is 0 Å². The molecule has 1 N–H and O–H groups in total. The Balaban J connectivity index is 2.07. The molecule has 20 heavy (non-hydrogen) atoms. The highest BCUT2D eigenvalue weighted by Crippen LogP contribution is 2.26. The molecule has 0 radical (unpaired) electrons. The van der Waals surface area contributed by atoms with Crippen molar-refractivity contribution in [3.05, 3.63) is 52.3 Å². The normalized spacial score (nSPS) is 13.8. The summed E-state index contributed by atoms with van der Waals surface area (Å²) in [6, 6.07) is 6.43. The molecule has 0 fully saturated rings. The number of hydrogen-bond donors (Lipinski definition) is 1. The monoisotopic (exact) mass is 311 g/mol. The highest BCUT2D eigenvalue weighted by molar-refractivity contribution is 6.35. The topological polar surface area (TPSA) is 46.9 Å². The van der Waals surface area contributed by atoms with Crippen LogP contribution in [0.4, 0.5) is 0 Å². The molecule has 1 amide bonds. The second-order valence-corrected chi connectivity index (χ2v) is 5.40. The van der Waals surface area contributed by atoms with Gasteiger partial charge in [-0.2, -0.15) is 5.10 Å². The molecular weight excluding hydrogens is 297 g/mol. The predicted octanol–water partition coefficient (Wildman–Crippen LogP) is 3.63. The Morgan fingerprint density at radius 3 is 2.70 bits per heavy atom. The zero-order valence-electron chi connectivity index (χ0n) is 11.2. The lowest BCUT2D eigenvalue weighted by Gasteiger charge is -2.19. The first-order valence-electron chi connectivity index (χ1n) is 6.23. The van der Waals surface area contributed by atoms with E-state index in [1.165, 1.54) is 0 Å². The molecule has 2 aromatic rings. The summed E-state index contributed by atoms with van der Waals surface area (Å²) in [4.78, 5) is 12.2. The second kappa shape index (κ2) is 6.29. The fourth-order valence-electron chi connectivity index (χ4n) is 1.89. The molecule has 0 unspecified atom stereocenters. The van der Waals surface area contributed by atoms with E-state index < -0.39 is 0 Å². The average Bonchev–Trinajstić information content (AvgIpc) is 2.91. The van der Waals surface area contributed by atoms with Gasteiger partial charge in [-0.3, -0.25) is 9.48 Å². The van der Waals surface area contributed by atoms with Gasteiger partial charge in [0.2, 0.25) is 5.91 Å². The molecule has 2 atom stereocenters. The molecule has 0 saturated heterocycles. The minimum atomic E-state index is -0.376. The van der Waals surface area contributed by atoms with E-state index >= 15 is 0 Å². The van der Waals surface area contributed by atoms with Gasteiger partial charge in [0.1, 0.15) is 6.04 Å². The van der Waals surface area contributed by atoms with Gasteiger partial charge < -0.3 is 5.32 Å². The third-order valence-corrected chi connectivity index (χ3v) is 3.65. The van der Waals surface area contributed by atoms with Crippen LogP contribution in [-0.4, -0.2) is 15.7 Å². The smallest absolute Gasteiger partial charge is 0.245 e. The van der Waals surface area contributed by atoms with Crippen LogP contribution in [0.3, 0.4) is 0 Å². The zero-order valence-corrected chi connectivity index (χ0v) is 12.7. The van der Waals surface area contributed by atoms with Gasteiger partial charge in [0.15, 0.2) is 0 Å². The summed E-state index contributed by atoms with van der Waals surface area (Å²) >= 11 is 12.0. The Morgan fingerprint density at radius 2 is 2.10 bits per heavy atom. The van der Waals surface area contributed by atoms with Gasteiger partial charge in [-0.25, -0.2) is 0 Å². The standard InChI is InChI=1S/C14H15Cl2N3O/c1-9(12-5-4-11(15)8-13(12)16)18-14(20)10(2)19-7-3-6-17-19/h3-10H,1-2H3,(H,18,20)/t9-,10-/m1/s1. The number of carbonyl (C=O) groups excluding carboxylic acids is 1. The highest BCUT2D eigenvalue weighted by Gasteiger charge is 2.19. The number of amides is 1. The van der Waals surface area contributed by atoms with Crippen LogP contribution >= 0.6 is 23.2 Å². The predicted molar refractivity (Wildman–Crippen MR) is 80.0 cm³/mol. The Labute approximate surface area is 127 Å². The van der Waals surface area contributed by atoms with Crippen LogP contribution in [0, 0.1) is 0 Å². The summed E-state index contributed by atoms with van der Waals surface area (Å²) in [6.07, 6.45) is 3.40. The van der Waals surface area contributed by atoms with Crippen LogP contribution in [0.2, 0.25) is 10.0 Å². The highest BCUT2D eigenvalue weighted by atomic mass is 35.5. The van der Waals surface area contributed by atoms with E-state index in [1.54, 1.807) is 42.2 Å². The fourth-order valence-corrected chi connectivity index (χ4v) is 2.47. The summed E-state index contributed by atoms with van der Waals surface area (Å²) < 4.78 is 1.60. The van der Waals surface area contributed by atoms with E-state index in [0.29, 0.717) is 10.0 Å². The van der Waals surface area contributed by atoms with Gasteiger partial charge in [0.25, 0.3) is 0 Å². The van der Waals surface area contributed by atoms with Gasteiger partial charge in [-0.05, 0) is 37.6 Å². The number of nitrogens with one attached hydrogen (secondary N) is 1. The molecule has 4 nitrogen and oxygen atoms in total. The van der Waals surface area contributed by atoms with Crippen molar-refractivity contribution in [1.29, 1.82) is 0 Å². The quantitative estimate of drug-likeness (QED) is 0.937. The maximum Gasteiger partial charge on any atom is 0.245 e. The van der Waals surface area contributed by atoms with Crippen LogP contribution in [-0.2, 0) is 4.79 Å². The van der Waals surface area contributed by atoms with Gasteiger partial charge in [0, 0.05) is 22.4 Å². The first-order chi connectivity index (χ1) is 9.49. The third kappa shape index (κ3) is 3.32. The summed E-state index contributed by atoms with van der Waals surface area (Å²) in [5.41, 5.74) is 0.831. The van der Waals surface area contributed by atoms with E-state index in [-0.39, 0.29) is 18.0 Å². The van der Waals surface area contributed by atoms with Gasteiger partial charge in [0.05, 0.1) is 6.04 Å². The van der Waals surface area contributed by atoms with Crippen molar-refractivity contribution < 1.29 is 4.79 Å². The Hall–Kier alpha value is -1.52. The molecule has 0 aliphatic heterocycles. The lowest BCUT2D eigenvalue weighted by atomic mass is 10.1. The SMILES string of the molecule is C[C@H](C(=O)N[C@H](C)c1ccc(Cl)cc1Cl)n1cccn1. The van der Waals surface area contributed by atoms with E-state index in [2.05, 4.69) is 10.4 Å². The molecule has 0 spiro atoms. The fraction of sp³-hybridized carbons (Fsp3) is 0.286. The Bertz CT molecular complexity index is 598. The molecule has 0 saturated carbocycles. The third-order valence-electron chi connectivity index (χ3n) is 3.09. The summed E-state index contributed by atoms with van der Waals surface area (Å²) in [6.45, 7) is 3.67. The zero-order chi connectivity index (χ0) is 14.7. The molecule has 0 aliphatic carbocycles. The van der Waals surface area contributed by atoms with E-state index in [0.717, 1.165) is 5.56 Å². The molecule has 0 aliphatic rings. The van der Waals surface area contributed by atoms with Crippen molar-refractivity contribution in [2.75, 3.05) is 0 Å². The number of hydrogen-bond acceptors (Lipinski definition) is 2. The first-order valence-corrected chi connectivity index (χ1v) is 6.99. The van der Waals surface area contributed by atoms with E-state index in [1.807, 2.05) is 13.0 Å². The molecule has 1 aromatic carbocycles. The van der Waals surface area contributed by atoms with Gasteiger partial charge in [-0.1, -0.05) is 29.3 Å². The molecule has 0 bridgehead atoms. The van der Waals surface area contributed by atoms with Crippen LogP contribution in [0.5, 0.6) is 0 Å². The van der Waals surface area contributed by atoms with Crippen molar-refractivity contribution >= 4 is 29.1 Å². The number of halogens is 2. The Kier molecular flexibility index (Phi) is 4.68. The van der Waals surface area contributed by atoms with Crippen molar-refractivity contribution in [2.24, 2.45) is 0 Å². The average molecular weight is 312 g/mol. The number of nitrogens with zero attached hydrogens (tertiary/aromatic N) is 2. The number of carbonyl (C=O) groups is 1. The van der Waals surface area contributed by atoms with Crippen LogP contribution in [0.15, 0.2) is 36.7 Å². The Morgan fingerprint density at radius 1 is 1.35 bits per heavy atom. The van der Waals surface area contributed by atoms with E-state index in [4.69, 9.17) is 23.2 Å². The van der Waals surface area contributed by atoms with Crippen LogP contribution in [0.1, 0.15) is 31.5 Å². The summed E-state index contributed by atoms with van der Waals surface area (Å²) in [5, 5.41) is 8.09. The van der Waals surface area contributed by atoms with Gasteiger partial charge >= 0.3 is 0 Å². The molecule has 1 aromatic heterocycles. The van der Waals surface area contributed by atoms with Crippen LogP contribution in [0.25, 0.3) is 0 Å². The van der Waals surface area contributed by atoms with Crippen molar-refractivity contribution in [2.45, 2.75) is 25.9 Å². The molecule has 1 heterocycles. The van der Waals surface area contributed by atoms with Crippen LogP contribution < -0.4 is 5.32 Å². The molecular formula is C14H15Cl2N3O. The van der Waals surface area contributed by atoms with Gasteiger partial charge in [-0.15, -0.1) is 0 Å². The lowest BCUT2D eigenvalue weighted by Crippen LogP contribution is -2.33. The number of aromatic nitrogens is 2. The number of rotatable bonds is 4. The maximum atomic E-state index is 12.2. The van der Waals surface area contributed by atoms with Crippen molar-refractivity contribution in [3.63, 3.8) is 0 Å². The lowest BCUT2D eigenvalue weighted by molar-refractivity contribution is -0.124. The minimum Gasteiger partial charge on any atom is -0.348 e. The molecule has 2 rings (SSSR count). The summed E-state index contributed by atoms with van der Waals surface area (Å²) in [5.74, 6) is -0.118. The maximum absolute atomic E-state index is 12.2. The summed E-state index contributed by atoms with van der Waals surface area (Å²) in [7, 11) is 0. The molecule has 6 heteroatoms. The first kappa shape index (κ1) is 14.9. The van der Waals surface area contributed by atoms with Crippen molar-refractivity contribution in [1.82, 2.24) is 15.1 Å². The minimum absolute atomic E-state index is 0.118. The number of benzene rings is 1. The van der Waals surface area contributed by atoms with E-state index in [9.17, 15) is 4.79 Å². The second-order valence-electron chi connectivity index (χ2n) is 4.56. The molecule has 106 valence electrons. The largest absolute Gasteiger partial charge is 0.348 e.